The maximum Gasteiger partial charge on any atom is 0.185 e. The van der Waals surface area contributed by atoms with Gasteiger partial charge in [0.15, 0.2) is 5.13 Å². The molecule has 1 aromatic heterocycles. The third kappa shape index (κ3) is 4.68. The van der Waals surface area contributed by atoms with Crippen molar-refractivity contribution < 1.29 is 0 Å². The monoisotopic (exact) mass is 309 g/mol. The van der Waals surface area contributed by atoms with Crippen LogP contribution in [-0.4, -0.2) is 24.6 Å². The van der Waals surface area contributed by atoms with Gasteiger partial charge in [0.1, 0.15) is 0 Å². The fraction of sp³-hybridized carbons (Fsp3) is 0.824. The van der Waals surface area contributed by atoms with Gasteiger partial charge in [-0.1, -0.05) is 33.6 Å². The molecular formula is C17H31N3S. The zero-order valence-corrected chi connectivity index (χ0v) is 14.8. The minimum Gasteiger partial charge on any atom is -0.348 e. The Bertz CT molecular complexity index is 408. The molecule has 1 aliphatic rings. The highest BCUT2D eigenvalue weighted by Gasteiger charge is 2.20. The van der Waals surface area contributed by atoms with Crippen molar-refractivity contribution >= 4 is 16.5 Å². The van der Waals surface area contributed by atoms with Gasteiger partial charge in [0.05, 0.1) is 5.69 Å². The summed E-state index contributed by atoms with van der Waals surface area (Å²) in [5, 5.41) is 4.82. The molecule has 1 aromatic rings. The smallest absolute Gasteiger partial charge is 0.185 e. The van der Waals surface area contributed by atoms with Gasteiger partial charge < -0.3 is 10.2 Å². The minimum absolute atomic E-state index is 0.570. The van der Waals surface area contributed by atoms with E-state index < -0.39 is 0 Å². The number of thiazole rings is 1. The van der Waals surface area contributed by atoms with Crippen molar-refractivity contribution in [1.29, 1.82) is 0 Å². The molecule has 1 N–H and O–H groups in total. The number of aromatic nitrogens is 1. The van der Waals surface area contributed by atoms with Crippen molar-refractivity contribution in [3.05, 3.63) is 10.6 Å². The molecule has 2 rings (SSSR count). The van der Waals surface area contributed by atoms with Crippen LogP contribution in [0.3, 0.4) is 0 Å². The highest BCUT2D eigenvalue weighted by molar-refractivity contribution is 7.15. The van der Waals surface area contributed by atoms with Crippen molar-refractivity contribution in [2.24, 2.45) is 0 Å². The molecule has 120 valence electrons. The van der Waals surface area contributed by atoms with Crippen LogP contribution < -0.4 is 10.2 Å². The Morgan fingerprint density at radius 3 is 2.52 bits per heavy atom. The third-order valence-electron chi connectivity index (χ3n) is 4.38. The van der Waals surface area contributed by atoms with Gasteiger partial charge in [-0.05, 0) is 38.1 Å². The maximum absolute atomic E-state index is 5.03. The van der Waals surface area contributed by atoms with E-state index in [1.54, 1.807) is 0 Å². The lowest BCUT2D eigenvalue weighted by Gasteiger charge is -2.18. The minimum atomic E-state index is 0.570. The molecule has 1 fully saturated rings. The van der Waals surface area contributed by atoms with Crippen LogP contribution in [0.15, 0.2) is 0 Å². The summed E-state index contributed by atoms with van der Waals surface area (Å²) in [6.07, 6.45) is 7.76. The van der Waals surface area contributed by atoms with Crippen LogP contribution in [0.5, 0.6) is 0 Å². The zero-order chi connectivity index (χ0) is 15.1. The first-order chi connectivity index (χ1) is 10.3. The largest absolute Gasteiger partial charge is 0.348 e. The Hall–Kier alpha value is -0.610. The van der Waals surface area contributed by atoms with Crippen LogP contribution in [0.1, 0.15) is 75.8 Å². The second-order valence-electron chi connectivity index (χ2n) is 6.19. The number of hydrogen-bond donors (Lipinski definition) is 1. The van der Waals surface area contributed by atoms with Gasteiger partial charge in [-0.15, -0.1) is 11.3 Å². The van der Waals surface area contributed by atoms with E-state index in [1.807, 2.05) is 11.3 Å². The second-order valence-corrected chi connectivity index (χ2v) is 7.25. The van der Waals surface area contributed by atoms with Crippen LogP contribution in [0, 0.1) is 0 Å². The standard InChI is InChI=1S/C17H31N3S/c1-4-10-18-13-15-16(14(3)5-2)19-17(21-15)20-11-8-6-7-9-12-20/h14,18H,4-13H2,1-3H3. The fourth-order valence-electron chi connectivity index (χ4n) is 2.83. The predicted molar refractivity (Wildman–Crippen MR) is 93.5 cm³/mol. The zero-order valence-electron chi connectivity index (χ0n) is 14.0. The predicted octanol–water partition coefficient (Wildman–Crippen LogP) is 4.54. The summed E-state index contributed by atoms with van der Waals surface area (Å²) in [5.41, 5.74) is 1.34. The summed E-state index contributed by atoms with van der Waals surface area (Å²) in [7, 11) is 0. The highest BCUT2D eigenvalue weighted by Crippen LogP contribution is 2.33. The fourth-order valence-corrected chi connectivity index (χ4v) is 4.03. The Labute approximate surface area is 134 Å². The molecule has 0 bridgehead atoms. The van der Waals surface area contributed by atoms with E-state index in [-0.39, 0.29) is 0 Å². The van der Waals surface area contributed by atoms with E-state index in [0.717, 1.165) is 13.1 Å². The first-order valence-electron chi connectivity index (χ1n) is 8.71. The van der Waals surface area contributed by atoms with E-state index >= 15 is 0 Å². The average Bonchev–Trinajstić information content (AvgIpc) is 2.73. The molecule has 0 radical (unpaired) electrons. The Kier molecular flexibility index (Phi) is 6.97. The lowest BCUT2D eigenvalue weighted by molar-refractivity contribution is 0.654. The molecule has 0 aliphatic carbocycles. The second kappa shape index (κ2) is 8.74. The third-order valence-corrected chi connectivity index (χ3v) is 5.52. The molecule has 0 spiro atoms. The van der Waals surface area contributed by atoms with Crippen molar-refractivity contribution in [3.63, 3.8) is 0 Å². The Morgan fingerprint density at radius 1 is 1.19 bits per heavy atom. The summed E-state index contributed by atoms with van der Waals surface area (Å²) < 4.78 is 0. The number of hydrogen-bond acceptors (Lipinski definition) is 4. The van der Waals surface area contributed by atoms with Gasteiger partial charge in [0, 0.05) is 24.5 Å². The number of nitrogens with one attached hydrogen (secondary N) is 1. The van der Waals surface area contributed by atoms with Crippen molar-refractivity contribution in [2.75, 3.05) is 24.5 Å². The topological polar surface area (TPSA) is 28.2 Å². The van der Waals surface area contributed by atoms with Gasteiger partial charge in [-0.3, -0.25) is 0 Å². The molecule has 1 saturated heterocycles. The van der Waals surface area contributed by atoms with Gasteiger partial charge in [0.25, 0.3) is 0 Å². The molecule has 1 atom stereocenters. The molecule has 0 amide bonds. The van der Waals surface area contributed by atoms with E-state index in [2.05, 4.69) is 31.0 Å². The molecule has 0 saturated carbocycles. The highest BCUT2D eigenvalue weighted by atomic mass is 32.1. The lowest BCUT2D eigenvalue weighted by Crippen LogP contribution is -2.23. The quantitative estimate of drug-likeness (QED) is 0.750. The summed E-state index contributed by atoms with van der Waals surface area (Å²) in [6, 6.07) is 0. The molecule has 1 aliphatic heterocycles. The normalized spacial score (nSPS) is 17.8. The van der Waals surface area contributed by atoms with E-state index in [4.69, 9.17) is 4.98 Å². The molecule has 4 heteroatoms. The van der Waals surface area contributed by atoms with Gasteiger partial charge in [0.2, 0.25) is 0 Å². The number of nitrogens with zero attached hydrogens (tertiary/aromatic N) is 2. The Balaban J connectivity index is 2.13. The van der Waals surface area contributed by atoms with Crippen LogP contribution in [0.2, 0.25) is 0 Å². The van der Waals surface area contributed by atoms with E-state index in [1.165, 1.54) is 67.3 Å². The van der Waals surface area contributed by atoms with Gasteiger partial charge in [-0.2, -0.15) is 0 Å². The number of rotatable bonds is 7. The molecule has 2 heterocycles. The molecule has 3 nitrogen and oxygen atoms in total. The lowest BCUT2D eigenvalue weighted by atomic mass is 10.0. The van der Waals surface area contributed by atoms with Crippen molar-refractivity contribution in [3.8, 4) is 0 Å². The van der Waals surface area contributed by atoms with Crippen molar-refractivity contribution in [2.45, 2.75) is 71.8 Å². The van der Waals surface area contributed by atoms with Gasteiger partial charge >= 0.3 is 0 Å². The van der Waals surface area contributed by atoms with Crippen LogP contribution in [0.25, 0.3) is 0 Å². The number of anilines is 1. The van der Waals surface area contributed by atoms with E-state index in [9.17, 15) is 0 Å². The van der Waals surface area contributed by atoms with Crippen LogP contribution >= 0.6 is 11.3 Å². The van der Waals surface area contributed by atoms with E-state index in [0.29, 0.717) is 5.92 Å². The maximum atomic E-state index is 5.03. The SMILES string of the molecule is CCCNCc1sc(N2CCCCCC2)nc1C(C)CC. The molecular weight excluding hydrogens is 278 g/mol. The van der Waals surface area contributed by atoms with Crippen LogP contribution in [-0.2, 0) is 6.54 Å². The Morgan fingerprint density at radius 2 is 1.90 bits per heavy atom. The van der Waals surface area contributed by atoms with Gasteiger partial charge in [-0.25, -0.2) is 4.98 Å². The first kappa shape index (κ1) is 16.8. The van der Waals surface area contributed by atoms with Crippen LogP contribution in [0.4, 0.5) is 5.13 Å². The van der Waals surface area contributed by atoms with Crippen molar-refractivity contribution in [1.82, 2.24) is 10.3 Å². The average molecular weight is 310 g/mol. The molecule has 0 aromatic carbocycles. The molecule has 21 heavy (non-hydrogen) atoms. The summed E-state index contributed by atoms with van der Waals surface area (Å²) in [5.74, 6) is 0.570. The summed E-state index contributed by atoms with van der Waals surface area (Å²) in [4.78, 5) is 9.01. The summed E-state index contributed by atoms with van der Waals surface area (Å²) in [6.45, 7) is 11.3. The first-order valence-corrected chi connectivity index (χ1v) is 9.53. The molecule has 1 unspecified atom stereocenters. The summed E-state index contributed by atoms with van der Waals surface area (Å²) >= 11 is 1.92.